The standard InChI is InChI=1S/C10H24N2/c1-8(2)12(9(3)4)10(5)11(6)7/h8-10H,1-7H3. The smallest absolute Gasteiger partial charge is 0.0592 e. The summed E-state index contributed by atoms with van der Waals surface area (Å²) < 4.78 is 0. The summed E-state index contributed by atoms with van der Waals surface area (Å²) >= 11 is 0. The maximum Gasteiger partial charge on any atom is 0.0592 e. The van der Waals surface area contributed by atoms with Gasteiger partial charge in [0, 0.05) is 12.1 Å². The summed E-state index contributed by atoms with van der Waals surface area (Å²) in [6.07, 6.45) is 0.519. The Labute approximate surface area is 77.5 Å². The van der Waals surface area contributed by atoms with Crippen LogP contribution >= 0.6 is 0 Å². The van der Waals surface area contributed by atoms with Crippen LogP contribution in [0.5, 0.6) is 0 Å². The molecular weight excluding hydrogens is 148 g/mol. The van der Waals surface area contributed by atoms with Gasteiger partial charge in [-0.2, -0.15) is 0 Å². The van der Waals surface area contributed by atoms with Crippen molar-refractivity contribution in [3.63, 3.8) is 0 Å². The van der Waals surface area contributed by atoms with E-state index in [1.807, 2.05) is 0 Å². The fraction of sp³-hybridized carbons (Fsp3) is 1.00. The van der Waals surface area contributed by atoms with E-state index in [1.54, 1.807) is 0 Å². The van der Waals surface area contributed by atoms with E-state index in [0.717, 1.165) is 0 Å². The molecule has 2 heteroatoms. The van der Waals surface area contributed by atoms with Crippen LogP contribution in [0.25, 0.3) is 0 Å². The quantitative estimate of drug-likeness (QED) is 0.599. The lowest BCUT2D eigenvalue weighted by molar-refractivity contribution is 0.0380. The molecule has 1 unspecified atom stereocenters. The van der Waals surface area contributed by atoms with Crippen LogP contribution < -0.4 is 0 Å². The van der Waals surface area contributed by atoms with E-state index < -0.39 is 0 Å². The maximum absolute atomic E-state index is 2.50. The van der Waals surface area contributed by atoms with Crippen molar-refractivity contribution in [1.29, 1.82) is 0 Å². The molecule has 0 aliphatic rings. The molecule has 0 saturated carbocycles. The first-order valence-corrected chi connectivity index (χ1v) is 4.81. The largest absolute Gasteiger partial charge is 0.294 e. The van der Waals surface area contributed by atoms with Crippen molar-refractivity contribution in [3.8, 4) is 0 Å². The van der Waals surface area contributed by atoms with Crippen molar-refractivity contribution < 1.29 is 0 Å². The van der Waals surface area contributed by atoms with E-state index in [4.69, 9.17) is 0 Å². The summed E-state index contributed by atoms with van der Waals surface area (Å²) in [5.74, 6) is 0. The van der Waals surface area contributed by atoms with E-state index in [-0.39, 0.29) is 0 Å². The van der Waals surface area contributed by atoms with Gasteiger partial charge in [0.15, 0.2) is 0 Å². The zero-order valence-electron chi connectivity index (χ0n) is 9.63. The van der Waals surface area contributed by atoms with Gasteiger partial charge in [0.25, 0.3) is 0 Å². The molecule has 0 aromatic carbocycles. The SMILES string of the molecule is CC(C)N(C(C)C)C(C)N(C)C. The monoisotopic (exact) mass is 172 g/mol. The third-order valence-electron chi connectivity index (χ3n) is 2.37. The van der Waals surface area contributed by atoms with Crippen molar-refractivity contribution in [2.24, 2.45) is 0 Å². The molecule has 0 spiro atoms. The second-order valence-electron chi connectivity index (χ2n) is 4.23. The van der Waals surface area contributed by atoms with Crippen molar-refractivity contribution in [1.82, 2.24) is 9.80 Å². The van der Waals surface area contributed by atoms with Crippen LogP contribution in [-0.4, -0.2) is 42.1 Å². The van der Waals surface area contributed by atoms with E-state index in [1.165, 1.54) is 0 Å². The Balaban J connectivity index is 4.30. The average Bonchev–Trinajstić information content (AvgIpc) is 1.85. The van der Waals surface area contributed by atoms with E-state index in [0.29, 0.717) is 18.2 Å². The van der Waals surface area contributed by atoms with E-state index in [2.05, 4.69) is 58.5 Å². The molecule has 0 fully saturated rings. The van der Waals surface area contributed by atoms with Crippen LogP contribution in [0.1, 0.15) is 34.6 Å². The van der Waals surface area contributed by atoms with Gasteiger partial charge in [-0.25, -0.2) is 0 Å². The first kappa shape index (κ1) is 11.9. The topological polar surface area (TPSA) is 6.48 Å². The highest BCUT2D eigenvalue weighted by Gasteiger charge is 2.20. The second-order valence-corrected chi connectivity index (χ2v) is 4.23. The molecule has 1 atom stereocenters. The highest BCUT2D eigenvalue weighted by atomic mass is 15.3. The maximum atomic E-state index is 2.50. The number of nitrogens with zero attached hydrogens (tertiary/aromatic N) is 2. The fourth-order valence-electron chi connectivity index (χ4n) is 1.73. The third-order valence-corrected chi connectivity index (χ3v) is 2.37. The highest BCUT2D eigenvalue weighted by molar-refractivity contribution is 4.72. The molecule has 0 heterocycles. The van der Waals surface area contributed by atoms with Crippen molar-refractivity contribution in [2.45, 2.75) is 52.9 Å². The summed E-state index contributed by atoms with van der Waals surface area (Å²) in [5.41, 5.74) is 0. The summed E-state index contributed by atoms with van der Waals surface area (Å²) in [7, 11) is 4.25. The van der Waals surface area contributed by atoms with Crippen molar-refractivity contribution in [3.05, 3.63) is 0 Å². The zero-order chi connectivity index (χ0) is 9.89. The summed E-state index contributed by atoms with van der Waals surface area (Å²) in [5, 5.41) is 0. The summed E-state index contributed by atoms with van der Waals surface area (Å²) in [4.78, 5) is 4.75. The Bertz CT molecular complexity index is 111. The van der Waals surface area contributed by atoms with E-state index >= 15 is 0 Å². The average molecular weight is 172 g/mol. The van der Waals surface area contributed by atoms with Crippen LogP contribution in [0.15, 0.2) is 0 Å². The van der Waals surface area contributed by atoms with Gasteiger partial charge in [0.1, 0.15) is 0 Å². The molecule has 0 aromatic rings. The van der Waals surface area contributed by atoms with Gasteiger partial charge in [-0.05, 0) is 48.7 Å². The van der Waals surface area contributed by atoms with Crippen LogP contribution in [0.3, 0.4) is 0 Å². The predicted molar refractivity (Wildman–Crippen MR) is 55.3 cm³/mol. The minimum Gasteiger partial charge on any atom is -0.294 e. The second kappa shape index (κ2) is 4.83. The molecule has 0 aliphatic heterocycles. The molecule has 0 saturated heterocycles. The summed E-state index contributed by atoms with van der Waals surface area (Å²) in [6, 6.07) is 1.23. The highest BCUT2D eigenvalue weighted by Crippen LogP contribution is 2.11. The Hall–Kier alpha value is -0.0800. The lowest BCUT2D eigenvalue weighted by atomic mass is 10.2. The first-order chi connectivity index (χ1) is 5.37. The van der Waals surface area contributed by atoms with Crippen molar-refractivity contribution >= 4 is 0 Å². The molecule has 0 aromatic heterocycles. The lowest BCUT2D eigenvalue weighted by Gasteiger charge is -2.39. The van der Waals surface area contributed by atoms with E-state index in [9.17, 15) is 0 Å². The molecule has 0 aliphatic carbocycles. The fourth-order valence-corrected chi connectivity index (χ4v) is 1.73. The van der Waals surface area contributed by atoms with Gasteiger partial charge in [0.05, 0.1) is 6.17 Å². The molecular formula is C10H24N2. The third kappa shape index (κ3) is 3.11. The Morgan fingerprint density at radius 2 is 1.08 bits per heavy atom. The molecule has 0 bridgehead atoms. The van der Waals surface area contributed by atoms with Gasteiger partial charge in [0.2, 0.25) is 0 Å². The zero-order valence-corrected chi connectivity index (χ0v) is 9.63. The van der Waals surface area contributed by atoms with Gasteiger partial charge in [-0.15, -0.1) is 0 Å². The molecule has 0 N–H and O–H groups in total. The van der Waals surface area contributed by atoms with Gasteiger partial charge in [-0.1, -0.05) is 0 Å². The molecule has 74 valence electrons. The molecule has 0 amide bonds. The summed E-state index contributed by atoms with van der Waals surface area (Å²) in [6.45, 7) is 11.2. The van der Waals surface area contributed by atoms with Crippen LogP contribution in [0, 0.1) is 0 Å². The normalized spacial score (nSPS) is 15.2. The van der Waals surface area contributed by atoms with Crippen molar-refractivity contribution in [2.75, 3.05) is 14.1 Å². The van der Waals surface area contributed by atoms with Gasteiger partial charge in [-0.3, -0.25) is 9.80 Å². The van der Waals surface area contributed by atoms with Crippen LogP contribution in [0.2, 0.25) is 0 Å². The van der Waals surface area contributed by atoms with Gasteiger partial charge >= 0.3 is 0 Å². The number of hydrogen-bond acceptors (Lipinski definition) is 2. The van der Waals surface area contributed by atoms with Crippen LogP contribution in [-0.2, 0) is 0 Å². The number of rotatable bonds is 4. The van der Waals surface area contributed by atoms with Gasteiger partial charge < -0.3 is 0 Å². The Morgan fingerprint density at radius 1 is 0.750 bits per heavy atom. The Kier molecular flexibility index (Phi) is 4.80. The minimum atomic E-state index is 0.519. The lowest BCUT2D eigenvalue weighted by Crippen LogP contribution is -2.49. The molecule has 0 rings (SSSR count). The Morgan fingerprint density at radius 3 is 1.17 bits per heavy atom. The van der Waals surface area contributed by atoms with Crippen LogP contribution in [0.4, 0.5) is 0 Å². The number of hydrogen-bond donors (Lipinski definition) is 0. The molecule has 0 radical (unpaired) electrons. The molecule has 12 heavy (non-hydrogen) atoms. The molecule has 2 nitrogen and oxygen atoms in total. The minimum absolute atomic E-state index is 0.519. The first-order valence-electron chi connectivity index (χ1n) is 4.81. The predicted octanol–water partition coefficient (Wildman–Crippen LogP) is 2.01.